The molecule has 3 heteroatoms. The Morgan fingerprint density at radius 3 is 2.12 bits per heavy atom. The van der Waals surface area contributed by atoms with Crippen molar-refractivity contribution >= 4 is 23.1 Å². The van der Waals surface area contributed by atoms with Crippen molar-refractivity contribution in [1.82, 2.24) is 4.98 Å². The van der Waals surface area contributed by atoms with Gasteiger partial charge >= 0.3 is 0 Å². The standard InChI is InChI=1S/C21H21ClN2.C2H6/c1-14-10-15(2)20(16(3)11-14)12-17-8-9-23-21(13-17)24-19-6-4-18(22)5-7-19;1-2/h4-11,13H,12H2,1-3H3,(H,23,24);1-2H3. The van der Waals surface area contributed by atoms with Crippen LogP contribution in [-0.4, -0.2) is 4.98 Å². The first-order valence-corrected chi connectivity index (χ1v) is 9.43. The summed E-state index contributed by atoms with van der Waals surface area (Å²) < 4.78 is 0. The molecule has 2 aromatic carbocycles. The third-order valence-corrected chi connectivity index (χ3v) is 4.41. The molecule has 1 heterocycles. The minimum absolute atomic E-state index is 0.729. The van der Waals surface area contributed by atoms with Gasteiger partial charge in [0.15, 0.2) is 0 Å². The molecule has 0 amide bonds. The summed E-state index contributed by atoms with van der Waals surface area (Å²) >= 11 is 5.93. The van der Waals surface area contributed by atoms with E-state index in [0.717, 1.165) is 22.9 Å². The van der Waals surface area contributed by atoms with Gasteiger partial charge in [-0.05, 0) is 85.8 Å². The second-order valence-corrected chi connectivity index (χ2v) is 6.67. The summed E-state index contributed by atoms with van der Waals surface area (Å²) in [5.41, 5.74) is 7.62. The van der Waals surface area contributed by atoms with E-state index in [-0.39, 0.29) is 0 Å². The van der Waals surface area contributed by atoms with Gasteiger partial charge in [-0.2, -0.15) is 0 Å². The molecule has 2 nitrogen and oxygen atoms in total. The van der Waals surface area contributed by atoms with Crippen LogP contribution in [0, 0.1) is 20.8 Å². The molecule has 0 saturated carbocycles. The Balaban J connectivity index is 0.00000117. The van der Waals surface area contributed by atoms with Gasteiger partial charge in [-0.15, -0.1) is 0 Å². The molecular weight excluding hydrogens is 340 g/mol. The lowest BCUT2D eigenvalue weighted by atomic mass is 9.94. The van der Waals surface area contributed by atoms with Gasteiger partial charge in [0.25, 0.3) is 0 Å². The van der Waals surface area contributed by atoms with Crippen LogP contribution in [-0.2, 0) is 6.42 Å². The fourth-order valence-corrected chi connectivity index (χ4v) is 3.15. The van der Waals surface area contributed by atoms with E-state index in [4.69, 9.17) is 11.6 Å². The number of pyridine rings is 1. The largest absolute Gasteiger partial charge is 0.340 e. The number of hydrogen-bond donors (Lipinski definition) is 1. The molecule has 136 valence electrons. The van der Waals surface area contributed by atoms with Crippen LogP contribution in [0.4, 0.5) is 11.5 Å². The number of benzene rings is 2. The van der Waals surface area contributed by atoms with E-state index in [0.29, 0.717) is 0 Å². The van der Waals surface area contributed by atoms with Crippen molar-refractivity contribution in [2.24, 2.45) is 0 Å². The molecule has 0 bridgehead atoms. The van der Waals surface area contributed by atoms with Crippen LogP contribution in [0.3, 0.4) is 0 Å². The fraction of sp³-hybridized carbons (Fsp3) is 0.261. The summed E-state index contributed by atoms with van der Waals surface area (Å²) in [7, 11) is 0. The molecular formula is C23H27ClN2. The summed E-state index contributed by atoms with van der Waals surface area (Å²) in [5.74, 6) is 0.845. The molecule has 0 radical (unpaired) electrons. The minimum atomic E-state index is 0.729. The highest BCUT2D eigenvalue weighted by atomic mass is 35.5. The van der Waals surface area contributed by atoms with Crippen LogP contribution < -0.4 is 5.32 Å². The summed E-state index contributed by atoms with van der Waals surface area (Å²) in [6.07, 6.45) is 2.77. The molecule has 26 heavy (non-hydrogen) atoms. The zero-order valence-corrected chi connectivity index (χ0v) is 17.0. The number of hydrogen-bond acceptors (Lipinski definition) is 2. The Morgan fingerprint density at radius 2 is 1.50 bits per heavy atom. The lowest BCUT2D eigenvalue weighted by molar-refractivity contribution is 1.10. The smallest absolute Gasteiger partial charge is 0.130 e. The lowest BCUT2D eigenvalue weighted by Gasteiger charge is -2.12. The average molecular weight is 367 g/mol. The monoisotopic (exact) mass is 366 g/mol. The number of nitrogens with zero attached hydrogens (tertiary/aromatic N) is 1. The Kier molecular flexibility index (Phi) is 7.23. The van der Waals surface area contributed by atoms with Gasteiger partial charge in [0.05, 0.1) is 0 Å². The molecule has 0 atom stereocenters. The number of aromatic nitrogens is 1. The van der Waals surface area contributed by atoms with Crippen LogP contribution in [0.15, 0.2) is 54.7 Å². The van der Waals surface area contributed by atoms with E-state index in [2.05, 4.69) is 55.3 Å². The van der Waals surface area contributed by atoms with Crippen LogP contribution in [0.2, 0.25) is 5.02 Å². The molecule has 3 aromatic rings. The molecule has 1 N–H and O–H groups in total. The highest BCUT2D eigenvalue weighted by Gasteiger charge is 2.06. The molecule has 0 fully saturated rings. The van der Waals surface area contributed by atoms with Crippen molar-refractivity contribution < 1.29 is 0 Å². The van der Waals surface area contributed by atoms with E-state index in [1.54, 1.807) is 0 Å². The molecule has 0 spiro atoms. The van der Waals surface area contributed by atoms with Crippen molar-refractivity contribution in [2.75, 3.05) is 5.32 Å². The highest BCUT2D eigenvalue weighted by Crippen LogP contribution is 2.22. The SMILES string of the molecule is CC.Cc1cc(C)c(Cc2ccnc(Nc3ccc(Cl)cc3)c2)c(C)c1. The van der Waals surface area contributed by atoms with Crippen molar-refractivity contribution in [1.29, 1.82) is 0 Å². The maximum atomic E-state index is 5.93. The van der Waals surface area contributed by atoms with Gasteiger partial charge < -0.3 is 5.32 Å². The number of rotatable bonds is 4. The summed E-state index contributed by atoms with van der Waals surface area (Å²) in [6, 6.07) is 16.3. The third kappa shape index (κ3) is 5.34. The number of aryl methyl sites for hydroxylation is 3. The maximum Gasteiger partial charge on any atom is 0.130 e. The number of anilines is 2. The van der Waals surface area contributed by atoms with E-state index < -0.39 is 0 Å². The van der Waals surface area contributed by atoms with Crippen LogP contribution in [0.25, 0.3) is 0 Å². The topological polar surface area (TPSA) is 24.9 Å². The highest BCUT2D eigenvalue weighted by molar-refractivity contribution is 6.30. The summed E-state index contributed by atoms with van der Waals surface area (Å²) in [4.78, 5) is 4.41. The van der Waals surface area contributed by atoms with Crippen molar-refractivity contribution in [3.63, 3.8) is 0 Å². The van der Waals surface area contributed by atoms with Crippen LogP contribution >= 0.6 is 11.6 Å². The summed E-state index contributed by atoms with van der Waals surface area (Å²) in [6.45, 7) is 10.5. The van der Waals surface area contributed by atoms with Gasteiger partial charge in [0.2, 0.25) is 0 Å². The van der Waals surface area contributed by atoms with E-state index >= 15 is 0 Å². The minimum Gasteiger partial charge on any atom is -0.340 e. The van der Waals surface area contributed by atoms with E-state index in [9.17, 15) is 0 Å². The maximum absolute atomic E-state index is 5.93. The lowest BCUT2D eigenvalue weighted by Crippen LogP contribution is -1.99. The Hall–Kier alpha value is -2.32. The second-order valence-electron chi connectivity index (χ2n) is 6.24. The molecule has 0 unspecified atom stereocenters. The Morgan fingerprint density at radius 1 is 0.885 bits per heavy atom. The van der Waals surface area contributed by atoms with E-state index in [1.807, 2.05) is 44.3 Å². The predicted octanol–water partition coefficient (Wildman–Crippen LogP) is 7.02. The zero-order valence-electron chi connectivity index (χ0n) is 16.2. The quantitative estimate of drug-likeness (QED) is 0.536. The van der Waals surface area contributed by atoms with Gasteiger partial charge in [-0.1, -0.05) is 43.1 Å². The first-order chi connectivity index (χ1) is 12.5. The molecule has 1 aromatic heterocycles. The van der Waals surface area contributed by atoms with Crippen molar-refractivity contribution in [2.45, 2.75) is 41.0 Å². The Labute approximate surface area is 162 Å². The van der Waals surface area contributed by atoms with Crippen molar-refractivity contribution in [3.8, 4) is 0 Å². The van der Waals surface area contributed by atoms with Crippen LogP contribution in [0.5, 0.6) is 0 Å². The zero-order chi connectivity index (χ0) is 19.1. The number of halogens is 1. The van der Waals surface area contributed by atoms with Gasteiger partial charge in [0, 0.05) is 16.9 Å². The second kappa shape index (κ2) is 9.40. The molecule has 3 rings (SSSR count). The van der Waals surface area contributed by atoms with Crippen molar-refractivity contribution in [3.05, 3.63) is 87.6 Å². The molecule has 0 aliphatic carbocycles. The molecule has 0 aliphatic rings. The predicted molar refractivity (Wildman–Crippen MR) is 114 cm³/mol. The van der Waals surface area contributed by atoms with Gasteiger partial charge in [-0.3, -0.25) is 0 Å². The fourth-order valence-electron chi connectivity index (χ4n) is 3.03. The Bertz CT molecular complexity index is 831. The first-order valence-electron chi connectivity index (χ1n) is 9.05. The van der Waals surface area contributed by atoms with Gasteiger partial charge in [0.1, 0.15) is 5.82 Å². The molecule has 0 aliphatic heterocycles. The average Bonchev–Trinajstić information content (AvgIpc) is 2.62. The number of nitrogens with one attached hydrogen (secondary N) is 1. The summed E-state index contributed by atoms with van der Waals surface area (Å²) in [5, 5.41) is 4.06. The normalized spacial score (nSPS) is 10.1. The van der Waals surface area contributed by atoms with Crippen LogP contribution in [0.1, 0.15) is 41.7 Å². The molecule has 0 saturated heterocycles. The third-order valence-electron chi connectivity index (χ3n) is 4.16. The van der Waals surface area contributed by atoms with E-state index in [1.165, 1.54) is 27.8 Å². The first kappa shape index (κ1) is 20.0. The van der Waals surface area contributed by atoms with Gasteiger partial charge in [-0.25, -0.2) is 4.98 Å².